The number of hydrogen-bond acceptors (Lipinski definition) is 3. The van der Waals surface area contributed by atoms with Crippen LogP contribution in [-0.4, -0.2) is 24.9 Å². The van der Waals surface area contributed by atoms with Gasteiger partial charge < -0.3 is 15.6 Å². The van der Waals surface area contributed by atoms with Crippen LogP contribution >= 0.6 is 0 Å². The maximum absolute atomic E-state index is 9.48. The van der Waals surface area contributed by atoms with Crippen LogP contribution in [0.4, 0.5) is 0 Å². The predicted octanol–water partition coefficient (Wildman–Crippen LogP) is 1.89. The highest BCUT2D eigenvalue weighted by molar-refractivity contribution is 5.27. The van der Waals surface area contributed by atoms with E-state index in [0.717, 1.165) is 12.0 Å². The van der Waals surface area contributed by atoms with Crippen molar-refractivity contribution in [2.75, 3.05) is 19.8 Å². The monoisotopic (exact) mass is 249 g/mol. The molecule has 0 radical (unpaired) electrons. The molecule has 2 rings (SSSR count). The van der Waals surface area contributed by atoms with E-state index in [4.69, 9.17) is 10.5 Å². The summed E-state index contributed by atoms with van der Waals surface area (Å²) >= 11 is 0. The summed E-state index contributed by atoms with van der Waals surface area (Å²) in [5.74, 6) is 0.660. The number of nitrogens with two attached hydrogens (primary N) is 1. The molecule has 3 N–H and O–H groups in total. The van der Waals surface area contributed by atoms with Gasteiger partial charge in [-0.25, -0.2) is 0 Å². The lowest BCUT2D eigenvalue weighted by Crippen LogP contribution is -2.52. The van der Waals surface area contributed by atoms with Gasteiger partial charge in [0.1, 0.15) is 0 Å². The average molecular weight is 249 g/mol. The van der Waals surface area contributed by atoms with Crippen molar-refractivity contribution in [2.24, 2.45) is 17.1 Å². The first kappa shape index (κ1) is 13.5. The maximum Gasteiger partial charge on any atom is 0.0594 e. The molecule has 1 aliphatic rings. The highest BCUT2D eigenvalue weighted by Gasteiger charge is 2.44. The number of ether oxygens (including phenoxy) is 1. The second-order valence-electron chi connectivity index (χ2n) is 5.83. The Morgan fingerprint density at radius 1 is 1.28 bits per heavy atom. The van der Waals surface area contributed by atoms with Crippen molar-refractivity contribution in [3.63, 3.8) is 0 Å². The van der Waals surface area contributed by atoms with Crippen LogP contribution in [0.5, 0.6) is 0 Å². The zero-order chi connectivity index (χ0) is 13.2. The van der Waals surface area contributed by atoms with E-state index >= 15 is 0 Å². The Kier molecular flexibility index (Phi) is 4.05. The van der Waals surface area contributed by atoms with Crippen LogP contribution in [0, 0.1) is 11.3 Å². The molecule has 1 unspecified atom stereocenters. The first-order valence-electron chi connectivity index (χ1n) is 6.60. The lowest BCUT2D eigenvalue weighted by Gasteiger charge is -2.44. The third-order valence-electron chi connectivity index (χ3n) is 3.74. The van der Waals surface area contributed by atoms with Gasteiger partial charge in [-0.05, 0) is 23.5 Å². The fraction of sp³-hybridized carbons (Fsp3) is 0.600. The van der Waals surface area contributed by atoms with Crippen molar-refractivity contribution < 1.29 is 9.84 Å². The van der Waals surface area contributed by atoms with Crippen molar-refractivity contribution >= 4 is 0 Å². The molecule has 3 nitrogen and oxygen atoms in total. The minimum absolute atomic E-state index is 0.0852. The summed E-state index contributed by atoms with van der Waals surface area (Å²) in [5.41, 5.74) is 8.40. The molecule has 1 aromatic carbocycles. The van der Waals surface area contributed by atoms with E-state index in [1.165, 1.54) is 5.56 Å². The van der Waals surface area contributed by atoms with E-state index in [0.29, 0.717) is 19.1 Å². The molecular formula is C15H23NO2. The van der Waals surface area contributed by atoms with Crippen molar-refractivity contribution in [1.29, 1.82) is 0 Å². The molecule has 3 heteroatoms. The molecule has 0 aromatic heterocycles. The highest BCUT2D eigenvalue weighted by atomic mass is 16.5. The summed E-state index contributed by atoms with van der Waals surface area (Å²) in [6.45, 7) is 5.62. The van der Waals surface area contributed by atoms with Gasteiger partial charge in [0.05, 0.1) is 25.2 Å². The van der Waals surface area contributed by atoms with Gasteiger partial charge in [0, 0.05) is 6.04 Å². The van der Waals surface area contributed by atoms with Gasteiger partial charge in [0.15, 0.2) is 0 Å². The fourth-order valence-electron chi connectivity index (χ4n) is 2.42. The number of rotatable bonds is 5. The number of benzene rings is 1. The Morgan fingerprint density at radius 3 is 2.28 bits per heavy atom. The molecule has 1 saturated heterocycles. The number of aliphatic hydroxyl groups is 1. The Morgan fingerprint density at radius 2 is 1.89 bits per heavy atom. The number of hydrogen-bond donors (Lipinski definition) is 2. The molecule has 0 aliphatic carbocycles. The molecule has 1 aliphatic heterocycles. The third-order valence-corrected chi connectivity index (χ3v) is 3.74. The zero-order valence-electron chi connectivity index (χ0n) is 11.2. The SMILES string of the molecule is CC(C)Cc1ccc(C(N)C2(CO)COC2)cc1. The summed E-state index contributed by atoms with van der Waals surface area (Å²) in [4.78, 5) is 0. The predicted molar refractivity (Wildman–Crippen MR) is 72.3 cm³/mol. The Bertz CT molecular complexity index is 376. The van der Waals surface area contributed by atoms with Crippen LogP contribution < -0.4 is 5.73 Å². The second kappa shape index (κ2) is 5.39. The Hall–Kier alpha value is -0.900. The quantitative estimate of drug-likeness (QED) is 0.838. The summed E-state index contributed by atoms with van der Waals surface area (Å²) in [5, 5.41) is 9.48. The Balaban J connectivity index is 2.09. The topological polar surface area (TPSA) is 55.5 Å². The molecule has 100 valence electrons. The van der Waals surface area contributed by atoms with E-state index in [9.17, 15) is 5.11 Å². The summed E-state index contributed by atoms with van der Waals surface area (Å²) in [7, 11) is 0. The van der Waals surface area contributed by atoms with E-state index < -0.39 is 0 Å². The highest BCUT2D eigenvalue weighted by Crippen LogP contribution is 2.38. The Labute approximate surface area is 109 Å². The number of aliphatic hydroxyl groups excluding tert-OH is 1. The lowest BCUT2D eigenvalue weighted by molar-refractivity contribution is -0.150. The molecule has 0 amide bonds. The second-order valence-corrected chi connectivity index (χ2v) is 5.83. The molecule has 1 aromatic rings. The largest absolute Gasteiger partial charge is 0.396 e. The van der Waals surface area contributed by atoms with Crippen LogP contribution in [0.2, 0.25) is 0 Å². The molecule has 0 bridgehead atoms. The van der Waals surface area contributed by atoms with Crippen LogP contribution in [0.3, 0.4) is 0 Å². The minimum Gasteiger partial charge on any atom is -0.396 e. The first-order chi connectivity index (χ1) is 8.57. The molecule has 0 spiro atoms. The molecule has 1 atom stereocenters. The average Bonchev–Trinajstić information content (AvgIpc) is 2.28. The van der Waals surface area contributed by atoms with Crippen LogP contribution in [0.1, 0.15) is 31.0 Å². The molecule has 18 heavy (non-hydrogen) atoms. The van der Waals surface area contributed by atoms with Gasteiger partial charge >= 0.3 is 0 Å². The minimum atomic E-state index is -0.278. The van der Waals surface area contributed by atoms with Gasteiger partial charge in [-0.3, -0.25) is 0 Å². The zero-order valence-corrected chi connectivity index (χ0v) is 11.2. The fourth-order valence-corrected chi connectivity index (χ4v) is 2.42. The smallest absolute Gasteiger partial charge is 0.0594 e. The van der Waals surface area contributed by atoms with Gasteiger partial charge in [-0.15, -0.1) is 0 Å². The molecule has 1 fully saturated rings. The summed E-state index contributed by atoms with van der Waals surface area (Å²) < 4.78 is 5.21. The van der Waals surface area contributed by atoms with Crippen molar-refractivity contribution in [2.45, 2.75) is 26.3 Å². The molecule has 1 heterocycles. The van der Waals surface area contributed by atoms with Gasteiger partial charge in [-0.2, -0.15) is 0 Å². The summed E-state index contributed by atoms with van der Waals surface area (Å²) in [6, 6.07) is 8.29. The van der Waals surface area contributed by atoms with Crippen LogP contribution in [0.15, 0.2) is 24.3 Å². The van der Waals surface area contributed by atoms with E-state index in [1.807, 2.05) is 0 Å². The summed E-state index contributed by atoms with van der Waals surface area (Å²) in [6.07, 6.45) is 1.09. The lowest BCUT2D eigenvalue weighted by atomic mass is 9.76. The normalized spacial score (nSPS) is 19.6. The van der Waals surface area contributed by atoms with E-state index in [1.54, 1.807) is 0 Å². The maximum atomic E-state index is 9.48. The first-order valence-corrected chi connectivity index (χ1v) is 6.60. The molecule has 0 saturated carbocycles. The third kappa shape index (κ3) is 2.58. The van der Waals surface area contributed by atoms with Crippen molar-refractivity contribution in [1.82, 2.24) is 0 Å². The van der Waals surface area contributed by atoms with Crippen molar-refractivity contribution in [3.05, 3.63) is 35.4 Å². The van der Waals surface area contributed by atoms with Crippen LogP contribution in [-0.2, 0) is 11.2 Å². The van der Waals surface area contributed by atoms with E-state index in [2.05, 4.69) is 38.1 Å². The van der Waals surface area contributed by atoms with Gasteiger partial charge in [0.2, 0.25) is 0 Å². The van der Waals surface area contributed by atoms with Gasteiger partial charge in [-0.1, -0.05) is 38.1 Å². The van der Waals surface area contributed by atoms with Crippen molar-refractivity contribution in [3.8, 4) is 0 Å². The molecular weight excluding hydrogens is 226 g/mol. The van der Waals surface area contributed by atoms with E-state index in [-0.39, 0.29) is 18.1 Å². The van der Waals surface area contributed by atoms with Crippen LogP contribution in [0.25, 0.3) is 0 Å². The standard InChI is InChI=1S/C15H23NO2/c1-11(2)7-12-3-5-13(6-4-12)14(16)15(8-17)9-18-10-15/h3-6,11,14,17H,7-10,16H2,1-2H3. The van der Waals surface area contributed by atoms with Gasteiger partial charge in [0.25, 0.3) is 0 Å².